The zero-order valence-corrected chi connectivity index (χ0v) is 14.6. The summed E-state index contributed by atoms with van der Waals surface area (Å²) in [6, 6.07) is 7.76. The molecule has 2 aliphatic rings. The van der Waals surface area contributed by atoms with Crippen molar-refractivity contribution in [2.24, 2.45) is 0 Å². The third kappa shape index (κ3) is 2.36. The predicted octanol–water partition coefficient (Wildman–Crippen LogP) is 2.72. The van der Waals surface area contributed by atoms with Gasteiger partial charge in [-0.1, -0.05) is 0 Å². The number of carbonyl (C=O) groups excluding carboxylic acids is 1. The first-order valence-corrected chi connectivity index (χ1v) is 9.16. The number of imidazole rings is 1. The van der Waals surface area contributed by atoms with Crippen LogP contribution in [0.15, 0.2) is 49.2 Å². The van der Waals surface area contributed by atoms with Gasteiger partial charge in [0.15, 0.2) is 0 Å². The van der Waals surface area contributed by atoms with E-state index in [1.807, 2.05) is 46.1 Å². The minimum Gasteiger partial charge on any atom is -0.338 e. The van der Waals surface area contributed by atoms with Crippen LogP contribution in [-0.2, 0) is 11.8 Å². The van der Waals surface area contributed by atoms with E-state index in [1.165, 1.54) is 11.3 Å². The predicted molar refractivity (Wildman–Crippen MR) is 97.3 cm³/mol. The van der Waals surface area contributed by atoms with E-state index in [2.05, 4.69) is 15.2 Å². The van der Waals surface area contributed by atoms with Crippen molar-refractivity contribution in [3.05, 3.63) is 66.0 Å². The van der Waals surface area contributed by atoms with Gasteiger partial charge in [0.2, 0.25) is 0 Å². The number of rotatable bonds is 2. The first kappa shape index (κ1) is 15.4. The van der Waals surface area contributed by atoms with Crippen molar-refractivity contribution in [1.29, 1.82) is 0 Å². The molecule has 6 heteroatoms. The van der Waals surface area contributed by atoms with E-state index >= 15 is 0 Å². The molecule has 0 radical (unpaired) electrons. The number of benzene rings is 1. The highest BCUT2D eigenvalue weighted by molar-refractivity contribution is 5.94. The summed E-state index contributed by atoms with van der Waals surface area (Å²) in [5.74, 6) is 0.120. The van der Waals surface area contributed by atoms with Gasteiger partial charge in [0.05, 0.1) is 12.5 Å². The van der Waals surface area contributed by atoms with Crippen LogP contribution in [0, 0.1) is 0 Å². The van der Waals surface area contributed by atoms with Crippen LogP contribution in [0.4, 0.5) is 0 Å². The second kappa shape index (κ2) is 5.83. The van der Waals surface area contributed by atoms with Crippen LogP contribution in [0.1, 0.15) is 40.9 Å². The molecule has 26 heavy (non-hydrogen) atoms. The highest BCUT2D eigenvalue weighted by Gasteiger charge is 2.44. The third-order valence-corrected chi connectivity index (χ3v) is 5.90. The van der Waals surface area contributed by atoms with Crippen LogP contribution >= 0.6 is 0 Å². The van der Waals surface area contributed by atoms with Gasteiger partial charge in [-0.3, -0.25) is 9.89 Å². The maximum atomic E-state index is 13.1. The minimum atomic E-state index is 0.0660. The van der Waals surface area contributed by atoms with E-state index < -0.39 is 0 Å². The Morgan fingerprint density at radius 2 is 2.08 bits per heavy atom. The van der Waals surface area contributed by atoms with Gasteiger partial charge in [-0.2, -0.15) is 5.10 Å². The van der Waals surface area contributed by atoms with Crippen LogP contribution in [0.5, 0.6) is 0 Å². The summed E-state index contributed by atoms with van der Waals surface area (Å²) in [6.07, 6.45) is 11.7. The number of nitrogens with one attached hydrogen (secondary N) is 1. The van der Waals surface area contributed by atoms with Crippen LogP contribution in [0.25, 0.3) is 5.69 Å². The number of aromatic amines is 1. The Kier molecular flexibility index (Phi) is 3.45. The van der Waals surface area contributed by atoms with Gasteiger partial charge in [-0.15, -0.1) is 0 Å². The highest BCUT2D eigenvalue weighted by Crippen LogP contribution is 2.44. The second-order valence-corrected chi connectivity index (χ2v) is 7.40. The fourth-order valence-electron chi connectivity index (χ4n) is 4.54. The van der Waals surface area contributed by atoms with Crippen LogP contribution in [-0.4, -0.2) is 43.6 Å². The Balaban J connectivity index is 1.37. The molecule has 1 amide bonds. The second-order valence-electron chi connectivity index (χ2n) is 7.40. The van der Waals surface area contributed by atoms with Crippen molar-refractivity contribution in [3.8, 4) is 5.69 Å². The van der Waals surface area contributed by atoms with Gasteiger partial charge in [0.1, 0.15) is 0 Å². The van der Waals surface area contributed by atoms with Gasteiger partial charge in [0, 0.05) is 47.8 Å². The summed E-state index contributed by atoms with van der Waals surface area (Å²) in [7, 11) is 0. The fraction of sp³-hybridized carbons (Fsp3) is 0.350. The summed E-state index contributed by atoms with van der Waals surface area (Å²) in [6.45, 7) is 1.61. The minimum absolute atomic E-state index is 0.0660. The number of piperidine rings is 1. The summed E-state index contributed by atoms with van der Waals surface area (Å²) >= 11 is 0. The Hall–Kier alpha value is -2.89. The zero-order valence-electron chi connectivity index (χ0n) is 14.6. The average Bonchev–Trinajstić information content (AvgIpc) is 3.42. The lowest BCUT2D eigenvalue weighted by atomic mass is 9.77. The summed E-state index contributed by atoms with van der Waals surface area (Å²) < 4.78 is 1.93. The molecular formula is C20H21N5O. The van der Waals surface area contributed by atoms with Crippen molar-refractivity contribution >= 4 is 5.91 Å². The number of aryl methyl sites for hydroxylation is 1. The number of hydrogen-bond donors (Lipinski definition) is 1. The number of hydrogen-bond acceptors (Lipinski definition) is 3. The van der Waals surface area contributed by atoms with Crippen molar-refractivity contribution in [1.82, 2.24) is 24.6 Å². The topological polar surface area (TPSA) is 66.8 Å². The Morgan fingerprint density at radius 3 is 2.88 bits per heavy atom. The lowest BCUT2D eigenvalue weighted by Crippen LogP contribution is -2.47. The van der Waals surface area contributed by atoms with Crippen LogP contribution in [0.3, 0.4) is 0 Å². The lowest BCUT2D eigenvalue weighted by molar-refractivity contribution is 0.0633. The largest absolute Gasteiger partial charge is 0.338 e. The van der Waals surface area contributed by atoms with Gasteiger partial charge >= 0.3 is 0 Å². The molecule has 1 saturated heterocycles. The summed E-state index contributed by atoms with van der Waals surface area (Å²) in [5.41, 5.74) is 4.39. The fourth-order valence-corrected chi connectivity index (χ4v) is 4.54. The molecule has 1 aliphatic heterocycles. The zero-order chi connectivity index (χ0) is 17.6. The third-order valence-electron chi connectivity index (χ3n) is 5.90. The summed E-state index contributed by atoms with van der Waals surface area (Å²) in [4.78, 5) is 19.2. The maximum Gasteiger partial charge on any atom is 0.253 e. The highest BCUT2D eigenvalue weighted by atomic mass is 16.2. The molecule has 1 N–H and O–H groups in total. The van der Waals surface area contributed by atoms with Crippen molar-refractivity contribution in [2.45, 2.75) is 31.1 Å². The monoisotopic (exact) mass is 347 g/mol. The lowest BCUT2D eigenvalue weighted by Gasteiger charge is -2.40. The molecule has 3 heterocycles. The molecule has 1 aliphatic carbocycles. The number of likely N-dealkylation sites (tertiary alicyclic amines) is 1. The standard InChI is InChI=1S/C20H21N5O/c26-19(15-2-4-17(5-3-15)25-11-9-21-14-25)24-10-1-7-20(13-24)8-6-16-12-22-23-18(16)20/h2-5,9,11-12,14H,1,6-8,10,13H2,(H,22,23). The number of nitrogens with zero attached hydrogens (tertiary/aromatic N) is 4. The first-order chi connectivity index (χ1) is 12.8. The van der Waals surface area contributed by atoms with Crippen molar-refractivity contribution in [3.63, 3.8) is 0 Å². The number of carbonyl (C=O) groups is 1. The van der Waals surface area contributed by atoms with E-state index in [9.17, 15) is 4.79 Å². The SMILES string of the molecule is O=C(c1ccc(-n2ccnc2)cc1)N1CCCC2(CCc3cn[nH]c32)C1. The average molecular weight is 347 g/mol. The molecule has 2 aromatic heterocycles. The maximum absolute atomic E-state index is 13.1. The van der Waals surface area contributed by atoms with Gasteiger partial charge in [0.25, 0.3) is 5.91 Å². The quantitative estimate of drug-likeness (QED) is 0.775. The van der Waals surface area contributed by atoms with E-state index in [1.54, 1.807) is 12.5 Å². The smallest absolute Gasteiger partial charge is 0.253 e. The van der Waals surface area contributed by atoms with Gasteiger partial charge in [-0.25, -0.2) is 4.98 Å². The van der Waals surface area contributed by atoms with E-state index in [4.69, 9.17) is 0 Å². The number of aromatic nitrogens is 4. The molecule has 3 aromatic rings. The molecular weight excluding hydrogens is 326 g/mol. The number of H-pyrrole nitrogens is 1. The molecule has 0 saturated carbocycles. The number of fused-ring (bicyclic) bond motifs is 2. The molecule has 5 rings (SSSR count). The van der Waals surface area contributed by atoms with Crippen LogP contribution in [0.2, 0.25) is 0 Å². The molecule has 6 nitrogen and oxygen atoms in total. The van der Waals surface area contributed by atoms with E-state index in [0.717, 1.165) is 50.0 Å². The molecule has 1 spiro atoms. The normalized spacial score (nSPS) is 21.9. The Bertz CT molecular complexity index is 928. The van der Waals surface area contributed by atoms with Crippen molar-refractivity contribution in [2.75, 3.05) is 13.1 Å². The molecule has 1 aromatic carbocycles. The molecule has 132 valence electrons. The Morgan fingerprint density at radius 1 is 1.19 bits per heavy atom. The van der Waals surface area contributed by atoms with Crippen LogP contribution < -0.4 is 0 Å². The molecule has 1 unspecified atom stereocenters. The van der Waals surface area contributed by atoms with E-state index in [-0.39, 0.29) is 11.3 Å². The summed E-state index contributed by atoms with van der Waals surface area (Å²) in [5, 5.41) is 7.42. The van der Waals surface area contributed by atoms with Gasteiger partial charge < -0.3 is 9.47 Å². The molecule has 0 bridgehead atoms. The number of amides is 1. The molecule has 1 fully saturated rings. The van der Waals surface area contributed by atoms with E-state index in [0.29, 0.717) is 0 Å². The Labute approximate surface area is 151 Å². The molecule has 1 atom stereocenters. The first-order valence-electron chi connectivity index (χ1n) is 9.16. The van der Waals surface area contributed by atoms with Gasteiger partial charge in [-0.05, 0) is 55.5 Å². The van der Waals surface area contributed by atoms with Crippen molar-refractivity contribution < 1.29 is 4.79 Å².